The van der Waals surface area contributed by atoms with E-state index in [0.29, 0.717) is 6.04 Å². The van der Waals surface area contributed by atoms with Gasteiger partial charge < -0.3 is 5.32 Å². The molecule has 20 heavy (non-hydrogen) atoms. The summed E-state index contributed by atoms with van der Waals surface area (Å²) in [5.41, 5.74) is 3.79. The van der Waals surface area contributed by atoms with Crippen LogP contribution in [-0.4, -0.2) is 16.3 Å². The van der Waals surface area contributed by atoms with E-state index in [1.807, 2.05) is 11.7 Å². The third-order valence-electron chi connectivity index (χ3n) is 3.42. The van der Waals surface area contributed by atoms with Crippen molar-refractivity contribution in [3.63, 3.8) is 0 Å². The summed E-state index contributed by atoms with van der Waals surface area (Å²) in [6.45, 7) is 5.32. The fourth-order valence-electron chi connectivity index (χ4n) is 2.43. The van der Waals surface area contributed by atoms with Crippen LogP contribution in [0.1, 0.15) is 36.2 Å². The first-order chi connectivity index (χ1) is 9.60. The summed E-state index contributed by atoms with van der Waals surface area (Å²) >= 11 is 2.34. The topological polar surface area (TPSA) is 29.9 Å². The van der Waals surface area contributed by atoms with Crippen LogP contribution in [0.25, 0.3) is 0 Å². The molecule has 1 N–H and O–H groups in total. The van der Waals surface area contributed by atoms with Gasteiger partial charge in [-0.3, -0.25) is 4.68 Å². The van der Waals surface area contributed by atoms with Crippen LogP contribution in [0.5, 0.6) is 0 Å². The first kappa shape index (κ1) is 15.5. The van der Waals surface area contributed by atoms with Gasteiger partial charge in [-0.05, 0) is 66.6 Å². The van der Waals surface area contributed by atoms with Gasteiger partial charge >= 0.3 is 0 Å². The third kappa shape index (κ3) is 4.06. The van der Waals surface area contributed by atoms with E-state index in [1.54, 1.807) is 0 Å². The van der Waals surface area contributed by atoms with Gasteiger partial charge in [-0.25, -0.2) is 0 Å². The predicted molar refractivity (Wildman–Crippen MR) is 91.8 cm³/mol. The third-order valence-corrected chi connectivity index (χ3v) is 4.14. The molecule has 0 spiro atoms. The van der Waals surface area contributed by atoms with Crippen molar-refractivity contribution in [2.75, 3.05) is 6.54 Å². The van der Waals surface area contributed by atoms with Crippen molar-refractivity contribution in [3.05, 3.63) is 50.9 Å². The predicted octanol–water partition coefficient (Wildman–Crippen LogP) is 3.62. The number of benzene rings is 1. The fourth-order valence-corrected chi connectivity index (χ4v) is 2.79. The Hall–Kier alpha value is -0.880. The van der Waals surface area contributed by atoms with Gasteiger partial charge in [0, 0.05) is 28.4 Å². The lowest BCUT2D eigenvalue weighted by atomic mass is 9.99. The zero-order valence-electron chi connectivity index (χ0n) is 12.4. The van der Waals surface area contributed by atoms with Gasteiger partial charge in [0.1, 0.15) is 0 Å². The van der Waals surface area contributed by atoms with Crippen molar-refractivity contribution in [2.45, 2.75) is 32.7 Å². The summed E-state index contributed by atoms with van der Waals surface area (Å²) in [5.74, 6) is 0. The lowest BCUT2D eigenvalue weighted by Gasteiger charge is -2.18. The molecule has 3 nitrogen and oxygen atoms in total. The molecule has 1 unspecified atom stereocenters. The zero-order valence-corrected chi connectivity index (χ0v) is 14.5. The second kappa shape index (κ2) is 7.22. The Labute approximate surface area is 134 Å². The van der Waals surface area contributed by atoms with Gasteiger partial charge in [-0.2, -0.15) is 5.10 Å². The van der Waals surface area contributed by atoms with Crippen molar-refractivity contribution in [3.8, 4) is 0 Å². The van der Waals surface area contributed by atoms with E-state index in [2.05, 4.69) is 77.3 Å². The van der Waals surface area contributed by atoms with Gasteiger partial charge in [0.15, 0.2) is 0 Å². The molecular weight excluding hydrogens is 361 g/mol. The number of nitrogens with one attached hydrogen (secondary N) is 1. The molecule has 2 aromatic rings. The molecule has 1 atom stereocenters. The maximum atomic E-state index is 4.47. The Kier molecular flexibility index (Phi) is 5.60. The normalized spacial score (nSPS) is 12.6. The summed E-state index contributed by atoms with van der Waals surface area (Å²) in [5, 5.41) is 8.12. The fraction of sp³-hybridized carbons (Fsp3) is 0.438. The second-order valence-corrected chi connectivity index (χ2v) is 6.43. The maximum absolute atomic E-state index is 4.47. The zero-order chi connectivity index (χ0) is 14.5. The number of halogens is 1. The molecule has 0 aliphatic carbocycles. The van der Waals surface area contributed by atoms with Gasteiger partial charge in [-0.15, -0.1) is 0 Å². The molecule has 0 saturated heterocycles. The standard InChI is InChI=1S/C16H22IN3/c1-4-9-18-16(15-11-20(3)19-12(15)2)10-13-5-7-14(17)8-6-13/h5-8,11,16,18H,4,9-10H2,1-3H3. The number of hydrogen-bond donors (Lipinski definition) is 1. The maximum Gasteiger partial charge on any atom is 0.0641 e. The minimum Gasteiger partial charge on any atom is -0.310 e. The van der Waals surface area contributed by atoms with Crippen LogP contribution in [0.4, 0.5) is 0 Å². The highest BCUT2D eigenvalue weighted by Gasteiger charge is 2.16. The van der Waals surface area contributed by atoms with E-state index in [9.17, 15) is 0 Å². The van der Waals surface area contributed by atoms with Crippen LogP contribution in [-0.2, 0) is 13.5 Å². The Morgan fingerprint density at radius 2 is 2.00 bits per heavy atom. The van der Waals surface area contributed by atoms with Crippen LogP contribution in [0.15, 0.2) is 30.5 Å². The molecule has 0 saturated carbocycles. The summed E-state index contributed by atoms with van der Waals surface area (Å²) in [6.07, 6.45) is 4.28. The molecule has 1 aromatic heterocycles. The average molecular weight is 383 g/mol. The van der Waals surface area contributed by atoms with Crippen LogP contribution >= 0.6 is 22.6 Å². The minimum absolute atomic E-state index is 0.337. The van der Waals surface area contributed by atoms with Crippen molar-refractivity contribution in [1.82, 2.24) is 15.1 Å². The highest BCUT2D eigenvalue weighted by atomic mass is 127. The molecule has 0 aliphatic rings. The molecular formula is C16H22IN3. The molecule has 0 bridgehead atoms. The summed E-state index contributed by atoms with van der Waals surface area (Å²) < 4.78 is 3.18. The first-order valence-electron chi connectivity index (χ1n) is 7.08. The average Bonchev–Trinajstić information content (AvgIpc) is 2.76. The number of nitrogens with zero attached hydrogens (tertiary/aromatic N) is 2. The van der Waals surface area contributed by atoms with Crippen molar-refractivity contribution < 1.29 is 0 Å². The first-order valence-corrected chi connectivity index (χ1v) is 8.16. The number of aryl methyl sites for hydroxylation is 2. The lowest BCUT2D eigenvalue weighted by Crippen LogP contribution is -2.24. The lowest BCUT2D eigenvalue weighted by molar-refractivity contribution is 0.527. The molecule has 1 heterocycles. The number of aromatic nitrogens is 2. The molecule has 4 heteroatoms. The monoisotopic (exact) mass is 383 g/mol. The van der Waals surface area contributed by atoms with E-state index in [1.165, 1.54) is 14.7 Å². The molecule has 0 aliphatic heterocycles. The van der Waals surface area contributed by atoms with Crippen LogP contribution in [0.2, 0.25) is 0 Å². The minimum atomic E-state index is 0.337. The Balaban J connectivity index is 2.19. The largest absolute Gasteiger partial charge is 0.310 e. The molecule has 0 fully saturated rings. The van der Waals surface area contributed by atoms with Crippen molar-refractivity contribution in [1.29, 1.82) is 0 Å². The number of rotatable bonds is 6. The van der Waals surface area contributed by atoms with Crippen molar-refractivity contribution >= 4 is 22.6 Å². The SMILES string of the molecule is CCCNC(Cc1ccc(I)cc1)c1cn(C)nc1C. The number of hydrogen-bond acceptors (Lipinski definition) is 2. The Morgan fingerprint density at radius 1 is 1.30 bits per heavy atom. The molecule has 2 rings (SSSR count). The van der Waals surface area contributed by atoms with E-state index < -0.39 is 0 Å². The Bertz CT molecular complexity index is 545. The van der Waals surface area contributed by atoms with Crippen LogP contribution in [0.3, 0.4) is 0 Å². The van der Waals surface area contributed by atoms with E-state index in [-0.39, 0.29) is 0 Å². The highest BCUT2D eigenvalue weighted by Crippen LogP contribution is 2.21. The van der Waals surface area contributed by atoms with Gasteiger partial charge in [0.25, 0.3) is 0 Å². The van der Waals surface area contributed by atoms with Crippen LogP contribution < -0.4 is 5.32 Å². The molecule has 0 radical (unpaired) electrons. The van der Waals surface area contributed by atoms with E-state index >= 15 is 0 Å². The van der Waals surface area contributed by atoms with Crippen molar-refractivity contribution in [2.24, 2.45) is 7.05 Å². The van der Waals surface area contributed by atoms with Crippen LogP contribution in [0, 0.1) is 10.5 Å². The van der Waals surface area contributed by atoms with Gasteiger partial charge in [0.05, 0.1) is 5.69 Å². The summed E-state index contributed by atoms with van der Waals surface area (Å²) in [6, 6.07) is 9.11. The molecule has 1 aromatic carbocycles. The van der Waals surface area contributed by atoms with E-state index in [0.717, 1.165) is 25.1 Å². The molecule has 108 valence electrons. The smallest absolute Gasteiger partial charge is 0.0641 e. The second-order valence-electron chi connectivity index (χ2n) is 5.18. The molecule has 0 amide bonds. The Morgan fingerprint density at radius 3 is 2.55 bits per heavy atom. The summed E-state index contributed by atoms with van der Waals surface area (Å²) in [4.78, 5) is 0. The van der Waals surface area contributed by atoms with Gasteiger partial charge in [-0.1, -0.05) is 19.1 Å². The quantitative estimate of drug-likeness (QED) is 0.773. The van der Waals surface area contributed by atoms with E-state index in [4.69, 9.17) is 0 Å². The highest BCUT2D eigenvalue weighted by molar-refractivity contribution is 14.1. The van der Waals surface area contributed by atoms with Gasteiger partial charge in [0.2, 0.25) is 0 Å². The summed E-state index contributed by atoms with van der Waals surface area (Å²) in [7, 11) is 1.98.